The van der Waals surface area contributed by atoms with E-state index in [0.29, 0.717) is 12.6 Å². The van der Waals surface area contributed by atoms with Crippen molar-refractivity contribution in [3.05, 3.63) is 0 Å². The molecule has 0 bridgehead atoms. The Morgan fingerprint density at radius 2 is 2.06 bits per heavy atom. The molecule has 1 saturated heterocycles. The van der Waals surface area contributed by atoms with Gasteiger partial charge in [-0.3, -0.25) is 0 Å². The van der Waals surface area contributed by atoms with Crippen molar-refractivity contribution < 1.29 is 17.9 Å². The third kappa shape index (κ3) is 6.85. The van der Waals surface area contributed by atoms with Gasteiger partial charge in [0.05, 0.1) is 6.61 Å². The Balaban J connectivity index is 2.13. The summed E-state index contributed by atoms with van der Waals surface area (Å²) in [5.74, 6) is 0. The molecule has 0 aliphatic carbocycles. The van der Waals surface area contributed by atoms with Gasteiger partial charge in [0.2, 0.25) is 0 Å². The molecule has 1 aliphatic heterocycles. The van der Waals surface area contributed by atoms with E-state index >= 15 is 0 Å². The number of hydrogen-bond acceptors (Lipinski definition) is 3. The zero-order valence-electron chi connectivity index (χ0n) is 10.2. The molecule has 0 saturated carbocycles. The minimum atomic E-state index is -4.22. The molecule has 1 aliphatic rings. The number of likely N-dealkylation sites (N-methyl/N-ethyl adjacent to an activating group) is 1. The highest BCUT2D eigenvalue weighted by molar-refractivity contribution is 4.73. The fraction of sp³-hybridized carbons (Fsp3) is 1.00. The van der Waals surface area contributed by atoms with Crippen LogP contribution in [0.5, 0.6) is 0 Å². The standard InChI is InChI=1S/C11H21F3N2O/c1-16(7-8-17-9-11(12,13)14)10-3-2-5-15-6-4-10/h10,15H,2-9H2,1H3. The Bertz CT molecular complexity index is 203. The van der Waals surface area contributed by atoms with Gasteiger partial charge in [-0.15, -0.1) is 0 Å². The predicted octanol–water partition coefficient (Wildman–Crippen LogP) is 1.64. The first-order chi connectivity index (χ1) is 7.99. The molecule has 6 heteroatoms. The number of nitrogens with one attached hydrogen (secondary N) is 1. The molecular weight excluding hydrogens is 233 g/mol. The molecule has 1 atom stereocenters. The van der Waals surface area contributed by atoms with Gasteiger partial charge in [0.15, 0.2) is 0 Å². The number of hydrogen-bond donors (Lipinski definition) is 1. The molecule has 1 unspecified atom stereocenters. The molecule has 102 valence electrons. The topological polar surface area (TPSA) is 24.5 Å². The van der Waals surface area contributed by atoms with Gasteiger partial charge in [0.1, 0.15) is 6.61 Å². The second kappa shape index (κ2) is 7.18. The maximum Gasteiger partial charge on any atom is 0.411 e. The van der Waals surface area contributed by atoms with Crippen LogP contribution in [0.1, 0.15) is 19.3 Å². The van der Waals surface area contributed by atoms with E-state index in [9.17, 15) is 13.2 Å². The van der Waals surface area contributed by atoms with Gasteiger partial charge < -0.3 is 15.0 Å². The predicted molar refractivity (Wildman–Crippen MR) is 60.0 cm³/mol. The van der Waals surface area contributed by atoms with E-state index in [0.717, 1.165) is 32.4 Å². The second-order valence-electron chi connectivity index (χ2n) is 4.48. The molecule has 1 N–H and O–H groups in total. The quantitative estimate of drug-likeness (QED) is 0.755. The average Bonchev–Trinajstić information content (AvgIpc) is 2.51. The van der Waals surface area contributed by atoms with E-state index in [2.05, 4.69) is 15.0 Å². The number of rotatable bonds is 5. The summed E-state index contributed by atoms with van der Waals surface area (Å²) < 4.78 is 40.1. The molecule has 17 heavy (non-hydrogen) atoms. The van der Waals surface area contributed by atoms with Crippen LogP contribution >= 0.6 is 0 Å². The van der Waals surface area contributed by atoms with Crippen LogP contribution in [-0.4, -0.2) is 57.0 Å². The molecule has 1 fully saturated rings. The molecule has 0 aromatic heterocycles. The van der Waals surface area contributed by atoms with Crippen LogP contribution < -0.4 is 5.32 Å². The molecular formula is C11H21F3N2O. The summed E-state index contributed by atoms with van der Waals surface area (Å²) in [4.78, 5) is 2.10. The monoisotopic (exact) mass is 254 g/mol. The normalized spacial score (nSPS) is 22.8. The van der Waals surface area contributed by atoms with Crippen molar-refractivity contribution in [3.63, 3.8) is 0 Å². The number of alkyl halides is 3. The summed E-state index contributed by atoms with van der Waals surface area (Å²) in [6, 6.07) is 0.458. The Morgan fingerprint density at radius 1 is 1.29 bits per heavy atom. The van der Waals surface area contributed by atoms with Crippen molar-refractivity contribution in [1.29, 1.82) is 0 Å². The molecule has 0 aromatic rings. The van der Waals surface area contributed by atoms with Crippen LogP contribution in [0.4, 0.5) is 13.2 Å². The second-order valence-corrected chi connectivity index (χ2v) is 4.48. The lowest BCUT2D eigenvalue weighted by molar-refractivity contribution is -0.174. The molecule has 1 rings (SSSR count). The smallest absolute Gasteiger partial charge is 0.371 e. The lowest BCUT2D eigenvalue weighted by Gasteiger charge is -2.26. The fourth-order valence-electron chi connectivity index (χ4n) is 2.02. The summed E-state index contributed by atoms with van der Waals surface area (Å²) in [6.07, 6.45) is -0.943. The lowest BCUT2D eigenvalue weighted by atomic mass is 10.1. The van der Waals surface area contributed by atoms with E-state index in [1.54, 1.807) is 0 Å². The number of ether oxygens (including phenoxy) is 1. The minimum Gasteiger partial charge on any atom is -0.371 e. The molecule has 0 amide bonds. The maximum absolute atomic E-state index is 11.8. The first kappa shape index (κ1) is 14.7. The summed E-state index contributed by atoms with van der Waals surface area (Å²) in [5.41, 5.74) is 0. The summed E-state index contributed by atoms with van der Waals surface area (Å²) in [7, 11) is 1.95. The zero-order chi connectivity index (χ0) is 12.7. The Morgan fingerprint density at radius 3 is 2.76 bits per heavy atom. The highest BCUT2D eigenvalue weighted by Crippen LogP contribution is 2.15. The van der Waals surface area contributed by atoms with Gasteiger partial charge >= 0.3 is 6.18 Å². The van der Waals surface area contributed by atoms with Gasteiger partial charge in [0, 0.05) is 12.6 Å². The van der Waals surface area contributed by atoms with Crippen LogP contribution in [0.3, 0.4) is 0 Å². The molecule has 0 radical (unpaired) electrons. The van der Waals surface area contributed by atoms with Crippen molar-refractivity contribution in [3.8, 4) is 0 Å². The minimum absolute atomic E-state index is 0.139. The van der Waals surface area contributed by atoms with Crippen LogP contribution in [0.25, 0.3) is 0 Å². The fourth-order valence-corrected chi connectivity index (χ4v) is 2.02. The Hall–Kier alpha value is -0.330. The van der Waals surface area contributed by atoms with Gasteiger partial charge in [-0.25, -0.2) is 0 Å². The maximum atomic E-state index is 11.8. The van der Waals surface area contributed by atoms with Crippen LogP contribution in [0.2, 0.25) is 0 Å². The van der Waals surface area contributed by atoms with Crippen LogP contribution in [0, 0.1) is 0 Å². The largest absolute Gasteiger partial charge is 0.411 e. The van der Waals surface area contributed by atoms with Crippen molar-refractivity contribution in [2.24, 2.45) is 0 Å². The Labute approximate surface area is 100 Å². The van der Waals surface area contributed by atoms with Crippen molar-refractivity contribution in [1.82, 2.24) is 10.2 Å². The summed E-state index contributed by atoms with van der Waals surface area (Å²) >= 11 is 0. The summed E-state index contributed by atoms with van der Waals surface area (Å²) in [5, 5.41) is 3.31. The van der Waals surface area contributed by atoms with Crippen molar-refractivity contribution >= 4 is 0 Å². The summed E-state index contributed by atoms with van der Waals surface area (Å²) in [6.45, 7) is 1.57. The van der Waals surface area contributed by atoms with Crippen LogP contribution in [0.15, 0.2) is 0 Å². The highest BCUT2D eigenvalue weighted by Gasteiger charge is 2.27. The van der Waals surface area contributed by atoms with E-state index in [1.807, 2.05) is 7.05 Å². The van der Waals surface area contributed by atoms with Gasteiger partial charge in [-0.2, -0.15) is 13.2 Å². The third-order valence-electron chi connectivity index (χ3n) is 3.02. The first-order valence-electron chi connectivity index (χ1n) is 6.04. The third-order valence-corrected chi connectivity index (χ3v) is 3.02. The average molecular weight is 254 g/mol. The SMILES string of the molecule is CN(CCOCC(F)(F)F)C1CCCNCC1. The Kier molecular flexibility index (Phi) is 6.22. The van der Waals surface area contributed by atoms with E-state index in [4.69, 9.17) is 0 Å². The first-order valence-corrected chi connectivity index (χ1v) is 6.04. The highest BCUT2D eigenvalue weighted by atomic mass is 19.4. The van der Waals surface area contributed by atoms with E-state index < -0.39 is 12.8 Å². The molecule has 0 spiro atoms. The molecule has 3 nitrogen and oxygen atoms in total. The van der Waals surface area contributed by atoms with Gasteiger partial charge in [-0.1, -0.05) is 0 Å². The lowest BCUT2D eigenvalue weighted by Crippen LogP contribution is -2.35. The van der Waals surface area contributed by atoms with Gasteiger partial charge in [-0.05, 0) is 39.4 Å². The van der Waals surface area contributed by atoms with Crippen molar-refractivity contribution in [2.45, 2.75) is 31.5 Å². The number of nitrogens with zero attached hydrogens (tertiary/aromatic N) is 1. The van der Waals surface area contributed by atoms with E-state index in [-0.39, 0.29) is 6.61 Å². The van der Waals surface area contributed by atoms with Crippen molar-refractivity contribution in [2.75, 3.05) is 39.9 Å². The van der Waals surface area contributed by atoms with Gasteiger partial charge in [0.25, 0.3) is 0 Å². The van der Waals surface area contributed by atoms with Crippen LogP contribution in [-0.2, 0) is 4.74 Å². The molecule has 0 aromatic carbocycles. The number of halogens is 3. The molecule has 1 heterocycles. The van der Waals surface area contributed by atoms with E-state index in [1.165, 1.54) is 0 Å². The zero-order valence-corrected chi connectivity index (χ0v) is 10.2.